The lowest BCUT2D eigenvalue weighted by Crippen LogP contribution is -2.32. The molecule has 1 aliphatic rings. The summed E-state index contributed by atoms with van der Waals surface area (Å²) in [7, 11) is 3.27. The van der Waals surface area contributed by atoms with Crippen LogP contribution in [0.5, 0.6) is 11.5 Å². The van der Waals surface area contributed by atoms with Crippen LogP contribution in [0.3, 0.4) is 0 Å². The standard InChI is InChI=1S/C19H24N6O2/c1-4-25-19(18-17-13(7-8-20-18)21-11-22-17)23-16(24-25)10-12-5-6-14(26-2)15(9-12)27-3/h5-6,9,11,18,20H,4,7-8,10H2,1-3H3,(H,21,22). The number of aryl methyl sites for hydroxylation is 1. The first-order chi connectivity index (χ1) is 13.2. The summed E-state index contributed by atoms with van der Waals surface area (Å²) in [6.45, 7) is 3.72. The van der Waals surface area contributed by atoms with Gasteiger partial charge in [0.15, 0.2) is 23.1 Å². The third-order valence-electron chi connectivity index (χ3n) is 4.86. The van der Waals surface area contributed by atoms with Crippen LogP contribution in [0.1, 0.15) is 41.6 Å². The molecule has 3 heterocycles. The Bertz CT molecular complexity index is 932. The van der Waals surface area contributed by atoms with E-state index in [-0.39, 0.29) is 6.04 Å². The molecule has 0 saturated carbocycles. The van der Waals surface area contributed by atoms with Gasteiger partial charge in [-0.3, -0.25) is 0 Å². The number of imidazole rings is 1. The lowest BCUT2D eigenvalue weighted by molar-refractivity contribution is 0.354. The highest BCUT2D eigenvalue weighted by atomic mass is 16.5. The number of rotatable bonds is 6. The lowest BCUT2D eigenvalue weighted by Gasteiger charge is -2.22. The summed E-state index contributed by atoms with van der Waals surface area (Å²) >= 11 is 0. The summed E-state index contributed by atoms with van der Waals surface area (Å²) in [4.78, 5) is 12.6. The molecule has 0 amide bonds. The van der Waals surface area contributed by atoms with Crippen molar-refractivity contribution in [1.29, 1.82) is 0 Å². The molecule has 0 bridgehead atoms. The first kappa shape index (κ1) is 17.5. The molecule has 3 aromatic rings. The molecule has 2 aromatic heterocycles. The molecule has 1 atom stereocenters. The Morgan fingerprint density at radius 2 is 2.07 bits per heavy atom. The average molecular weight is 368 g/mol. The minimum Gasteiger partial charge on any atom is -0.493 e. The van der Waals surface area contributed by atoms with Crippen molar-refractivity contribution in [2.45, 2.75) is 32.4 Å². The van der Waals surface area contributed by atoms with Crippen molar-refractivity contribution in [3.63, 3.8) is 0 Å². The molecular weight excluding hydrogens is 344 g/mol. The zero-order chi connectivity index (χ0) is 18.8. The van der Waals surface area contributed by atoms with Crippen molar-refractivity contribution < 1.29 is 9.47 Å². The maximum absolute atomic E-state index is 5.40. The minimum atomic E-state index is -0.0356. The van der Waals surface area contributed by atoms with Crippen LogP contribution in [-0.4, -0.2) is 45.5 Å². The normalized spacial score (nSPS) is 16.2. The zero-order valence-corrected chi connectivity index (χ0v) is 15.8. The van der Waals surface area contributed by atoms with Gasteiger partial charge in [0, 0.05) is 31.6 Å². The fourth-order valence-electron chi connectivity index (χ4n) is 3.53. The van der Waals surface area contributed by atoms with Crippen molar-refractivity contribution in [3.05, 3.63) is 53.1 Å². The number of methoxy groups -OCH3 is 2. The van der Waals surface area contributed by atoms with Gasteiger partial charge >= 0.3 is 0 Å². The molecule has 8 heteroatoms. The van der Waals surface area contributed by atoms with E-state index in [1.54, 1.807) is 20.5 Å². The molecule has 1 aromatic carbocycles. The van der Waals surface area contributed by atoms with Crippen LogP contribution in [-0.2, 0) is 19.4 Å². The summed E-state index contributed by atoms with van der Waals surface area (Å²) < 4.78 is 12.7. The smallest absolute Gasteiger partial charge is 0.161 e. The number of ether oxygens (including phenoxy) is 2. The Balaban J connectivity index is 1.63. The summed E-state index contributed by atoms with van der Waals surface area (Å²) in [5.74, 6) is 3.11. The number of aromatic nitrogens is 5. The molecule has 0 radical (unpaired) electrons. The Morgan fingerprint density at radius 3 is 2.85 bits per heavy atom. The van der Waals surface area contributed by atoms with Gasteiger partial charge in [-0.2, -0.15) is 5.10 Å². The maximum atomic E-state index is 5.40. The fraction of sp³-hybridized carbons (Fsp3) is 0.421. The quantitative estimate of drug-likeness (QED) is 0.690. The number of nitrogens with one attached hydrogen (secondary N) is 2. The van der Waals surface area contributed by atoms with Crippen LogP contribution in [0.2, 0.25) is 0 Å². The zero-order valence-electron chi connectivity index (χ0n) is 15.8. The van der Waals surface area contributed by atoms with Crippen LogP contribution in [0, 0.1) is 0 Å². The predicted octanol–water partition coefficient (Wildman–Crippen LogP) is 1.86. The fourth-order valence-corrected chi connectivity index (χ4v) is 3.53. The number of hydrogen-bond acceptors (Lipinski definition) is 6. The predicted molar refractivity (Wildman–Crippen MR) is 100 cm³/mol. The van der Waals surface area contributed by atoms with Gasteiger partial charge in [0.1, 0.15) is 6.04 Å². The molecule has 0 spiro atoms. The Morgan fingerprint density at radius 1 is 1.22 bits per heavy atom. The summed E-state index contributed by atoms with van der Waals surface area (Å²) in [6, 6.07) is 5.85. The van der Waals surface area contributed by atoms with Crippen LogP contribution in [0.25, 0.3) is 0 Å². The number of nitrogens with zero attached hydrogens (tertiary/aromatic N) is 4. The maximum Gasteiger partial charge on any atom is 0.161 e. The van der Waals surface area contributed by atoms with Gasteiger partial charge in [0.05, 0.1) is 26.2 Å². The van der Waals surface area contributed by atoms with Gasteiger partial charge < -0.3 is 19.8 Å². The van der Waals surface area contributed by atoms with E-state index < -0.39 is 0 Å². The second kappa shape index (κ2) is 7.40. The van der Waals surface area contributed by atoms with Gasteiger partial charge in [-0.1, -0.05) is 6.07 Å². The molecule has 0 aliphatic carbocycles. The third-order valence-corrected chi connectivity index (χ3v) is 4.86. The first-order valence-electron chi connectivity index (χ1n) is 9.13. The van der Waals surface area contributed by atoms with E-state index in [4.69, 9.17) is 19.6 Å². The lowest BCUT2D eigenvalue weighted by atomic mass is 10.0. The molecular formula is C19H24N6O2. The number of hydrogen-bond donors (Lipinski definition) is 2. The second-order valence-electron chi connectivity index (χ2n) is 6.47. The van der Waals surface area contributed by atoms with Crippen molar-refractivity contribution in [2.24, 2.45) is 0 Å². The highest BCUT2D eigenvalue weighted by Crippen LogP contribution is 2.29. The van der Waals surface area contributed by atoms with E-state index in [1.165, 1.54) is 5.69 Å². The summed E-state index contributed by atoms with van der Waals surface area (Å²) in [5.41, 5.74) is 3.26. The van der Waals surface area contributed by atoms with Crippen LogP contribution < -0.4 is 14.8 Å². The van der Waals surface area contributed by atoms with Gasteiger partial charge in [-0.05, 0) is 24.6 Å². The molecule has 2 N–H and O–H groups in total. The molecule has 142 valence electrons. The number of H-pyrrole nitrogens is 1. The van der Waals surface area contributed by atoms with Gasteiger partial charge in [-0.15, -0.1) is 0 Å². The molecule has 4 rings (SSSR count). The van der Waals surface area contributed by atoms with E-state index in [1.807, 2.05) is 22.9 Å². The topological polar surface area (TPSA) is 89.9 Å². The highest BCUT2D eigenvalue weighted by Gasteiger charge is 2.28. The molecule has 1 unspecified atom stereocenters. The van der Waals surface area contributed by atoms with E-state index in [2.05, 4.69) is 22.2 Å². The van der Waals surface area contributed by atoms with Crippen LogP contribution in [0.15, 0.2) is 24.5 Å². The largest absolute Gasteiger partial charge is 0.493 e. The van der Waals surface area contributed by atoms with Gasteiger partial charge in [-0.25, -0.2) is 14.6 Å². The van der Waals surface area contributed by atoms with Crippen LogP contribution in [0.4, 0.5) is 0 Å². The van der Waals surface area contributed by atoms with Gasteiger partial charge in [0.25, 0.3) is 0 Å². The molecule has 8 nitrogen and oxygen atoms in total. The van der Waals surface area contributed by atoms with E-state index >= 15 is 0 Å². The number of aromatic amines is 1. The van der Waals surface area contributed by atoms with Crippen molar-refractivity contribution in [1.82, 2.24) is 30.0 Å². The van der Waals surface area contributed by atoms with Crippen LogP contribution >= 0.6 is 0 Å². The second-order valence-corrected chi connectivity index (χ2v) is 6.47. The van der Waals surface area contributed by atoms with E-state index in [9.17, 15) is 0 Å². The van der Waals surface area contributed by atoms with Gasteiger partial charge in [0.2, 0.25) is 0 Å². The Kier molecular flexibility index (Phi) is 4.81. The highest BCUT2D eigenvalue weighted by molar-refractivity contribution is 5.43. The minimum absolute atomic E-state index is 0.0356. The Hall–Kier alpha value is -2.87. The summed E-state index contributed by atoms with van der Waals surface area (Å²) in [6.07, 6.45) is 3.33. The SMILES string of the molecule is CCn1nc(Cc2ccc(OC)c(OC)c2)nc1C1NCCc2[nH]cnc21. The average Bonchev–Trinajstić information content (AvgIpc) is 3.34. The van der Waals surface area contributed by atoms with Crippen molar-refractivity contribution in [2.75, 3.05) is 20.8 Å². The molecule has 1 aliphatic heterocycles. The molecule has 0 fully saturated rings. The summed E-state index contributed by atoms with van der Waals surface area (Å²) in [5, 5.41) is 8.23. The van der Waals surface area contributed by atoms with Crippen molar-refractivity contribution >= 4 is 0 Å². The van der Waals surface area contributed by atoms with Crippen molar-refractivity contribution in [3.8, 4) is 11.5 Å². The number of benzene rings is 1. The van der Waals surface area contributed by atoms with E-state index in [0.717, 1.165) is 42.4 Å². The molecule has 0 saturated heterocycles. The Labute approximate surface area is 157 Å². The number of fused-ring (bicyclic) bond motifs is 1. The van der Waals surface area contributed by atoms with E-state index in [0.29, 0.717) is 17.9 Å². The molecule has 27 heavy (non-hydrogen) atoms. The third kappa shape index (κ3) is 3.28. The monoisotopic (exact) mass is 368 g/mol. The first-order valence-corrected chi connectivity index (χ1v) is 9.13.